The standard InChI is InChI=1S/C17H24O2S2/c1-3-5-6-7-12-17(18,19-4-2)16-11-10-15(21-16)14-9-8-13-20-14/h8-11,13,18H,3-7,12H2,1-2H3. The first-order valence-electron chi connectivity index (χ1n) is 7.70. The van der Waals surface area contributed by atoms with Crippen molar-refractivity contribution in [3.63, 3.8) is 0 Å². The molecule has 0 aliphatic heterocycles. The lowest BCUT2D eigenvalue weighted by Gasteiger charge is -2.26. The van der Waals surface area contributed by atoms with Gasteiger partial charge in [-0.15, -0.1) is 22.7 Å². The summed E-state index contributed by atoms with van der Waals surface area (Å²) in [6.07, 6.45) is 5.23. The molecule has 0 aromatic carbocycles. The molecular weight excluding hydrogens is 300 g/mol. The molecule has 0 radical (unpaired) electrons. The summed E-state index contributed by atoms with van der Waals surface area (Å²) >= 11 is 3.36. The summed E-state index contributed by atoms with van der Waals surface area (Å²) in [5.41, 5.74) is 0. The lowest BCUT2D eigenvalue weighted by molar-refractivity contribution is -0.212. The zero-order valence-electron chi connectivity index (χ0n) is 12.8. The Balaban J connectivity index is 2.09. The van der Waals surface area contributed by atoms with Gasteiger partial charge < -0.3 is 9.84 Å². The second kappa shape index (κ2) is 8.08. The van der Waals surface area contributed by atoms with Crippen LogP contribution in [0.15, 0.2) is 29.6 Å². The lowest BCUT2D eigenvalue weighted by Crippen LogP contribution is -2.28. The lowest BCUT2D eigenvalue weighted by atomic mass is 10.0. The van der Waals surface area contributed by atoms with Crippen molar-refractivity contribution in [2.45, 2.75) is 51.7 Å². The average Bonchev–Trinajstić information content (AvgIpc) is 3.13. The van der Waals surface area contributed by atoms with E-state index in [4.69, 9.17) is 4.74 Å². The third kappa shape index (κ3) is 4.39. The minimum Gasteiger partial charge on any atom is -0.361 e. The largest absolute Gasteiger partial charge is 0.361 e. The van der Waals surface area contributed by atoms with Crippen molar-refractivity contribution in [3.8, 4) is 9.75 Å². The van der Waals surface area contributed by atoms with E-state index in [0.717, 1.165) is 17.7 Å². The Bertz CT molecular complexity index is 519. The van der Waals surface area contributed by atoms with Crippen LogP contribution in [0, 0.1) is 0 Å². The summed E-state index contributed by atoms with van der Waals surface area (Å²) in [5, 5.41) is 13.0. The molecule has 2 heterocycles. The smallest absolute Gasteiger partial charge is 0.201 e. The van der Waals surface area contributed by atoms with Crippen molar-refractivity contribution in [2.75, 3.05) is 6.61 Å². The van der Waals surface area contributed by atoms with Gasteiger partial charge in [0, 0.05) is 22.8 Å². The summed E-state index contributed by atoms with van der Waals surface area (Å²) in [4.78, 5) is 3.37. The Labute approximate surface area is 135 Å². The molecule has 0 spiro atoms. The molecule has 2 nitrogen and oxygen atoms in total. The normalized spacial score (nSPS) is 14.2. The SMILES string of the molecule is CCCCCCC(O)(OCC)c1ccc(-c2cccs2)s1. The highest BCUT2D eigenvalue weighted by Crippen LogP contribution is 2.39. The quantitative estimate of drug-likeness (QED) is 0.478. The van der Waals surface area contributed by atoms with Crippen LogP contribution in [0.1, 0.15) is 50.8 Å². The van der Waals surface area contributed by atoms with Gasteiger partial charge in [0.1, 0.15) is 0 Å². The average molecular weight is 325 g/mol. The number of unbranched alkanes of at least 4 members (excludes halogenated alkanes) is 3. The van der Waals surface area contributed by atoms with Crippen LogP contribution in [-0.2, 0) is 10.5 Å². The molecule has 0 amide bonds. The van der Waals surface area contributed by atoms with E-state index in [1.54, 1.807) is 22.7 Å². The first kappa shape index (κ1) is 16.7. The summed E-state index contributed by atoms with van der Waals surface area (Å²) in [5.74, 6) is -1.12. The van der Waals surface area contributed by atoms with Crippen LogP contribution < -0.4 is 0 Å². The molecule has 21 heavy (non-hydrogen) atoms. The first-order valence-corrected chi connectivity index (χ1v) is 9.39. The van der Waals surface area contributed by atoms with Gasteiger partial charge in [0.25, 0.3) is 0 Å². The fourth-order valence-corrected chi connectivity index (χ4v) is 4.31. The second-order valence-corrected chi connectivity index (χ2v) is 7.20. The topological polar surface area (TPSA) is 29.5 Å². The highest BCUT2D eigenvalue weighted by atomic mass is 32.1. The maximum Gasteiger partial charge on any atom is 0.201 e. The molecule has 2 aromatic heterocycles. The summed E-state index contributed by atoms with van der Waals surface area (Å²) in [7, 11) is 0. The number of hydrogen-bond acceptors (Lipinski definition) is 4. The van der Waals surface area contributed by atoms with Crippen molar-refractivity contribution in [2.24, 2.45) is 0 Å². The number of hydrogen-bond donors (Lipinski definition) is 1. The summed E-state index contributed by atoms with van der Waals surface area (Å²) in [6.45, 7) is 4.66. The van der Waals surface area contributed by atoms with Crippen molar-refractivity contribution in [1.82, 2.24) is 0 Å². The predicted molar refractivity (Wildman–Crippen MR) is 91.9 cm³/mol. The fourth-order valence-electron chi connectivity index (χ4n) is 2.40. The monoisotopic (exact) mass is 324 g/mol. The van der Waals surface area contributed by atoms with Crippen LogP contribution >= 0.6 is 22.7 Å². The molecule has 116 valence electrons. The molecule has 2 rings (SSSR count). The fraction of sp³-hybridized carbons (Fsp3) is 0.529. The molecule has 1 atom stereocenters. The van der Waals surface area contributed by atoms with E-state index >= 15 is 0 Å². The molecular formula is C17H24O2S2. The van der Waals surface area contributed by atoms with Crippen LogP contribution in [0.3, 0.4) is 0 Å². The van der Waals surface area contributed by atoms with Crippen LogP contribution in [0.25, 0.3) is 9.75 Å². The van der Waals surface area contributed by atoms with Crippen molar-refractivity contribution < 1.29 is 9.84 Å². The van der Waals surface area contributed by atoms with E-state index in [-0.39, 0.29) is 0 Å². The van der Waals surface area contributed by atoms with Crippen LogP contribution in [0.5, 0.6) is 0 Å². The number of rotatable bonds is 9. The van der Waals surface area contributed by atoms with Gasteiger partial charge in [0.05, 0.1) is 4.88 Å². The van der Waals surface area contributed by atoms with Gasteiger partial charge in [-0.2, -0.15) is 0 Å². The number of thiophene rings is 2. The zero-order valence-corrected chi connectivity index (χ0v) is 14.4. The first-order chi connectivity index (χ1) is 10.2. The molecule has 1 unspecified atom stereocenters. The van der Waals surface area contributed by atoms with Crippen molar-refractivity contribution >= 4 is 22.7 Å². The van der Waals surface area contributed by atoms with Crippen molar-refractivity contribution in [3.05, 3.63) is 34.5 Å². The zero-order chi connectivity index (χ0) is 15.1. The molecule has 0 saturated heterocycles. The van der Waals surface area contributed by atoms with E-state index < -0.39 is 5.79 Å². The van der Waals surface area contributed by atoms with Crippen LogP contribution in [-0.4, -0.2) is 11.7 Å². The molecule has 2 aromatic rings. The van der Waals surface area contributed by atoms with Gasteiger partial charge in [-0.05, 0) is 36.9 Å². The molecule has 0 aliphatic rings. The van der Waals surface area contributed by atoms with Gasteiger partial charge in [0.15, 0.2) is 0 Å². The van der Waals surface area contributed by atoms with Crippen LogP contribution in [0.4, 0.5) is 0 Å². The maximum atomic E-state index is 10.9. The molecule has 0 saturated carbocycles. The van der Waals surface area contributed by atoms with Gasteiger partial charge in [-0.3, -0.25) is 0 Å². The number of ether oxygens (including phenoxy) is 1. The van der Waals surface area contributed by atoms with E-state index in [0.29, 0.717) is 13.0 Å². The van der Waals surface area contributed by atoms with Gasteiger partial charge in [-0.25, -0.2) is 0 Å². The van der Waals surface area contributed by atoms with E-state index in [1.807, 2.05) is 13.0 Å². The molecule has 0 fully saturated rings. The highest BCUT2D eigenvalue weighted by molar-refractivity contribution is 7.21. The Morgan fingerprint density at radius 3 is 2.62 bits per heavy atom. The Morgan fingerprint density at radius 1 is 1.10 bits per heavy atom. The third-order valence-electron chi connectivity index (χ3n) is 3.51. The Kier molecular flexibility index (Phi) is 6.42. The van der Waals surface area contributed by atoms with Crippen LogP contribution in [0.2, 0.25) is 0 Å². The highest BCUT2D eigenvalue weighted by Gasteiger charge is 2.31. The van der Waals surface area contributed by atoms with E-state index in [9.17, 15) is 5.11 Å². The van der Waals surface area contributed by atoms with E-state index in [1.165, 1.54) is 22.6 Å². The minimum absolute atomic E-state index is 0.524. The third-order valence-corrected chi connectivity index (χ3v) is 5.79. The van der Waals surface area contributed by atoms with E-state index in [2.05, 4.69) is 30.5 Å². The van der Waals surface area contributed by atoms with Gasteiger partial charge >= 0.3 is 0 Å². The predicted octanol–water partition coefficient (Wildman–Crippen LogP) is 5.63. The molecule has 0 bridgehead atoms. The van der Waals surface area contributed by atoms with Crippen molar-refractivity contribution in [1.29, 1.82) is 0 Å². The Hall–Kier alpha value is -0.680. The van der Waals surface area contributed by atoms with Gasteiger partial charge in [0.2, 0.25) is 5.79 Å². The molecule has 0 aliphatic carbocycles. The summed E-state index contributed by atoms with van der Waals surface area (Å²) < 4.78 is 5.70. The Morgan fingerprint density at radius 2 is 1.95 bits per heavy atom. The summed E-state index contributed by atoms with van der Waals surface area (Å²) in [6, 6.07) is 8.26. The van der Waals surface area contributed by atoms with Gasteiger partial charge in [-0.1, -0.05) is 32.3 Å². The number of aliphatic hydroxyl groups is 1. The molecule has 1 N–H and O–H groups in total. The maximum absolute atomic E-state index is 10.9. The molecule has 4 heteroatoms. The second-order valence-electron chi connectivity index (χ2n) is 5.17. The minimum atomic E-state index is -1.12.